The second-order valence-corrected chi connectivity index (χ2v) is 7.14. The van der Waals surface area contributed by atoms with Gasteiger partial charge in [-0.25, -0.2) is 22.3 Å². The first-order chi connectivity index (χ1) is 12.3. The van der Waals surface area contributed by atoms with Crippen molar-refractivity contribution in [2.75, 3.05) is 4.72 Å². The number of hydrogen-bond acceptors (Lipinski definition) is 4. The smallest absolute Gasteiger partial charge is 0.335 e. The quantitative estimate of drug-likeness (QED) is 0.714. The molecule has 2 aromatic carbocycles. The van der Waals surface area contributed by atoms with Crippen molar-refractivity contribution in [2.45, 2.75) is 11.8 Å². The average Bonchev–Trinajstić information content (AvgIpc) is 3.00. The van der Waals surface area contributed by atoms with Crippen LogP contribution in [0.5, 0.6) is 0 Å². The maximum Gasteiger partial charge on any atom is 0.335 e. The minimum absolute atomic E-state index is 0.221. The number of rotatable bonds is 5. The van der Waals surface area contributed by atoms with Gasteiger partial charge in [0.05, 0.1) is 16.9 Å². The molecule has 0 bridgehead atoms. The maximum atomic E-state index is 14.1. The minimum Gasteiger partial charge on any atom is -0.478 e. The first-order valence-electron chi connectivity index (χ1n) is 7.45. The van der Waals surface area contributed by atoms with Gasteiger partial charge in [-0.2, -0.15) is 5.10 Å². The van der Waals surface area contributed by atoms with Crippen LogP contribution in [0.25, 0.3) is 5.69 Å². The third kappa shape index (κ3) is 3.42. The molecule has 0 atom stereocenters. The molecule has 0 fully saturated rings. The number of hydrogen-bond donors (Lipinski definition) is 2. The van der Waals surface area contributed by atoms with E-state index < -0.39 is 26.7 Å². The SMILES string of the molecule is Cc1ccnn1-c1cccc(NS(=O)(=O)c2ccc(C(=O)O)cc2F)c1. The monoisotopic (exact) mass is 375 g/mol. The van der Waals surface area contributed by atoms with Crippen LogP contribution < -0.4 is 4.72 Å². The molecule has 1 aromatic heterocycles. The zero-order chi connectivity index (χ0) is 18.9. The van der Waals surface area contributed by atoms with E-state index in [4.69, 9.17) is 5.11 Å². The van der Waals surface area contributed by atoms with Crippen LogP contribution in [0.3, 0.4) is 0 Å². The second kappa shape index (κ2) is 6.60. The highest BCUT2D eigenvalue weighted by Gasteiger charge is 2.21. The number of aromatic nitrogens is 2. The lowest BCUT2D eigenvalue weighted by Gasteiger charge is -2.11. The lowest BCUT2D eigenvalue weighted by Crippen LogP contribution is -2.15. The molecule has 7 nitrogen and oxygen atoms in total. The van der Waals surface area contributed by atoms with Gasteiger partial charge in [-0.05, 0) is 49.4 Å². The third-order valence-corrected chi connectivity index (χ3v) is 5.06. The molecule has 2 N–H and O–H groups in total. The summed E-state index contributed by atoms with van der Waals surface area (Å²) in [5.41, 5.74) is 1.38. The molecule has 0 saturated carbocycles. The van der Waals surface area contributed by atoms with Crippen molar-refractivity contribution in [3.63, 3.8) is 0 Å². The van der Waals surface area contributed by atoms with Crippen LogP contribution in [0.2, 0.25) is 0 Å². The number of anilines is 1. The van der Waals surface area contributed by atoms with Crippen molar-refractivity contribution in [1.29, 1.82) is 0 Å². The number of halogens is 1. The fraction of sp³-hybridized carbons (Fsp3) is 0.0588. The Morgan fingerprint density at radius 3 is 2.58 bits per heavy atom. The molecule has 0 unspecified atom stereocenters. The highest BCUT2D eigenvalue weighted by atomic mass is 32.2. The number of carboxylic acids is 1. The van der Waals surface area contributed by atoms with Crippen molar-refractivity contribution in [2.24, 2.45) is 0 Å². The van der Waals surface area contributed by atoms with Gasteiger partial charge >= 0.3 is 5.97 Å². The van der Waals surface area contributed by atoms with Crippen LogP contribution >= 0.6 is 0 Å². The zero-order valence-electron chi connectivity index (χ0n) is 13.5. The summed E-state index contributed by atoms with van der Waals surface area (Å²) in [6.07, 6.45) is 1.62. The molecule has 3 rings (SSSR count). The maximum absolute atomic E-state index is 14.1. The summed E-state index contributed by atoms with van der Waals surface area (Å²) in [4.78, 5) is 10.2. The van der Waals surface area contributed by atoms with Gasteiger partial charge in [-0.1, -0.05) is 6.07 Å². The highest BCUT2D eigenvalue weighted by molar-refractivity contribution is 7.92. The fourth-order valence-electron chi connectivity index (χ4n) is 2.40. The van der Waals surface area contributed by atoms with Gasteiger partial charge in [0.25, 0.3) is 10.0 Å². The summed E-state index contributed by atoms with van der Waals surface area (Å²) >= 11 is 0. The topological polar surface area (TPSA) is 101 Å². The van der Waals surface area contributed by atoms with Gasteiger partial charge in [0, 0.05) is 11.9 Å². The van der Waals surface area contributed by atoms with E-state index in [1.807, 2.05) is 6.92 Å². The van der Waals surface area contributed by atoms with E-state index in [9.17, 15) is 17.6 Å². The fourth-order valence-corrected chi connectivity index (χ4v) is 3.51. The molecule has 0 aliphatic heterocycles. The Morgan fingerprint density at radius 2 is 1.96 bits per heavy atom. The molecule has 0 aliphatic rings. The van der Waals surface area contributed by atoms with E-state index in [0.717, 1.165) is 17.8 Å². The van der Waals surface area contributed by atoms with Crippen molar-refractivity contribution in [3.8, 4) is 5.69 Å². The first-order valence-corrected chi connectivity index (χ1v) is 8.93. The van der Waals surface area contributed by atoms with E-state index in [2.05, 4.69) is 9.82 Å². The highest BCUT2D eigenvalue weighted by Crippen LogP contribution is 2.22. The van der Waals surface area contributed by atoms with Crippen LogP contribution in [0, 0.1) is 12.7 Å². The van der Waals surface area contributed by atoms with Gasteiger partial charge in [-0.3, -0.25) is 4.72 Å². The van der Waals surface area contributed by atoms with Gasteiger partial charge in [-0.15, -0.1) is 0 Å². The summed E-state index contributed by atoms with van der Waals surface area (Å²) in [5.74, 6) is -2.49. The van der Waals surface area contributed by atoms with Crippen molar-refractivity contribution >= 4 is 21.7 Å². The lowest BCUT2D eigenvalue weighted by atomic mass is 10.2. The standard InChI is InChI=1S/C17H14FN3O4S/c1-11-7-8-19-21(11)14-4-2-3-13(10-14)20-26(24,25)16-6-5-12(17(22)23)9-15(16)18/h2-10,20H,1H3,(H,22,23). The normalized spacial score (nSPS) is 11.3. The number of aromatic carboxylic acids is 1. The molecule has 0 saturated heterocycles. The van der Waals surface area contributed by atoms with E-state index in [1.165, 1.54) is 6.07 Å². The summed E-state index contributed by atoms with van der Waals surface area (Å²) in [5, 5.41) is 13.0. The first kappa shape index (κ1) is 17.6. The largest absolute Gasteiger partial charge is 0.478 e. The van der Waals surface area contributed by atoms with Gasteiger partial charge in [0.15, 0.2) is 0 Å². The Bertz CT molecular complexity index is 1090. The summed E-state index contributed by atoms with van der Waals surface area (Å²) in [7, 11) is -4.23. The van der Waals surface area contributed by atoms with Gasteiger partial charge < -0.3 is 5.11 Å². The number of nitrogens with zero attached hydrogens (tertiary/aromatic N) is 2. The van der Waals surface area contributed by atoms with Gasteiger partial charge in [0.1, 0.15) is 10.7 Å². The van der Waals surface area contributed by atoms with Crippen molar-refractivity contribution in [1.82, 2.24) is 9.78 Å². The van der Waals surface area contributed by atoms with Crippen LogP contribution in [-0.4, -0.2) is 29.3 Å². The number of benzene rings is 2. The molecule has 9 heteroatoms. The van der Waals surface area contributed by atoms with Crippen LogP contribution in [0.1, 0.15) is 16.1 Å². The second-order valence-electron chi connectivity index (χ2n) is 5.49. The molecular formula is C17H14FN3O4S. The summed E-state index contributed by atoms with van der Waals surface area (Å²) < 4.78 is 42.9. The van der Waals surface area contributed by atoms with E-state index in [1.54, 1.807) is 35.1 Å². The van der Waals surface area contributed by atoms with Gasteiger partial charge in [0.2, 0.25) is 0 Å². The minimum atomic E-state index is -4.23. The van der Waals surface area contributed by atoms with Crippen LogP contribution in [-0.2, 0) is 10.0 Å². The molecule has 0 radical (unpaired) electrons. The van der Waals surface area contributed by atoms with E-state index >= 15 is 0 Å². The molecule has 3 aromatic rings. The van der Waals surface area contributed by atoms with Crippen molar-refractivity contribution in [3.05, 3.63) is 71.8 Å². The van der Waals surface area contributed by atoms with Crippen LogP contribution in [0.15, 0.2) is 59.6 Å². The van der Waals surface area contributed by atoms with Crippen LogP contribution in [0.4, 0.5) is 10.1 Å². The Hall–Kier alpha value is -3.20. The zero-order valence-corrected chi connectivity index (χ0v) is 14.4. The Kier molecular flexibility index (Phi) is 4.47. The summed E-state index contributed by atoms with van der Waals surface area (Å²) in [6, 6.07) is 10.9. The molecule has 0 amide bonds. The molecule has 0 aliphatic carbocycles. The molecule has 134 valence electrons. The molecule has 26 heavy (non-hydrogen) atoms. The Balaban J connectivity index is 1.93. The van der Waals surface area contributed by atoms with E-state index in [-0.39, 0.29) is 11.3 Å². The number of carbonyl (C=O) groups is 1. The number of carboxylic acid groups (broad SMARTS) is 1. The lowest BCUT2D eigenvalue weighted by molar-refractivity contribution is 0.0696. The molecule has 0 spiro atoms. The predicted molar refractivity (Wildman–Crippen MR) is 92.5 cm³/mol. The summed E-state index contributed by atoms with van der Waals surface area (Å²) in [6.45, 7) is 1.85. The molecule has 1 heterocycles. The van der Waals surface area contributed by atoms with Crippen molar-refractivity contribution < 1.29 is 22.7 Å². The molecular weight excluding hydrogens is 361 g/mol. The number of sulfonamides is 1. The van der Waals surface area contributed by atoms with E-state index in [0.29, 0.717) is 11.8 Å². The Morgan fingerprint density at radius 1 is 1.19 bits per heavy atom. The Labute approximate surface area is 148 Å². The number of aryl methyl sites for hydroxylation is 1. The average molecular weight is 375 g/mol. The predicted octanol–water partition coefficient (Wildman–Crippen LogP) is 2.82. The third-order valence-electron chi connectivity index (χ3n) is 3.64. The number of nitrogens with one attached hydrogen (secondary N) is 1.